The van der Waals surface area contributed by atoms with Gasteiger partial charge in [-0.2, -0.15) is 4.57 Å². The fraction of sp³-hybridized carbons (Fsp3) is 0.0714. The molecule has 52 heavy (non-hydrogen) atoms. The van der Waals surface area contributed by atoms with Crippen LogP contribution in [0.25, 0.3) is 21.8 Å². The molecule has 0 amide bonds. The zero-order valence-electron chi connectivity index (χ0n) is 27.8. The van der Waals surface area contributed by atoms with Crippen LogP contribution in [0.1, 0.15) is 27.4 Å². The second-order valence-corrected chi connectivity index (χ2v) is 12.0. The van der Waals surface area contributed by atoms with E-state index in [-0.39, 0.29) is 5.56 Å². The van der Waals surface area contributed by atoms with Crippen molar-refractivity contribution in [3.8, 4) is 11.5 Å². The van der Waals surface area contributed by atoms with Crippen LogP contribution >= 0.6 is 0 Å². The maximum Gasteiger partial charge on any atom is 0.345 e. The second-order valence-electron chi connectivity index (χ2n) is 12.0. The summed E-state index contributed by atoms with van der Waals surface area (Å²) in [5, 5.41) is 1.30. The largest absolute Gasteiger partial charge is 0.420 e. The maximum atomic E-state index is 13.9. The number of ether oxygens (including phenoxy) is 2. The fourth-order valence-corrected chi connectivity index (χ4v) is 6.54. The highest BCUT2D eigenvalue weighted by Gasteiger charge is 2.35. The maximum absolute atomic E-state index is 13.9. The molecule has 1 aliphatic heterocycles. The van der Waals surface area contributed by atoms with Gasteiger partial charge in [0.05, 0.1) is 16.3 Å². The van der Waals surface area contributed by atoms with Crippen molar-refractivity contribution >= 4 is 45.1 Å². The molecule has 2 heterocycles. The van der Waals surface area contributed by atoms with Crippen LogP contribution in [-0.4, -0.2) is 19.0 Å². The van der Waals surface area contributed by atoms with Crippen LogP contribution in [0, 0.1) is 23.3 Å². The molecule has 10 heteroatoms. The predicted molar refractivity (Wildman–Crippen MR) is 189 cm³/mol. The number of carbonyl (C=O) groups is 2. The van der Waals surface area contributed by atoms with Crippen molar-refractivity contribution in [3.05, 3.63) is 173 Å². The minimum absolute atomic E-state index is 0.275. The second kappa shape index (κ2) is 14.0. The molecule has 1 aliphatic rings. The molecule has 0 saturated heterocycles. The van der Waals surface area contributed by atoms with Gasteiger partial charge in [0, 0.05) is 30.6 Å². The summed E-state index contributed by atoms with van der Waals surface area (Å²) in [6.45, 7) is 0. The Kier molecular flexibility index (Phi) is 9.13. The molecule has 0 aliphatic carbocycles. The van der Waals surface area contributed by atoms with Crippen LogP contribution in [0.3, 0.4) is 0 Å². The van der Waals surface area contributed by atoms with E-state index in [2.05, 4.69) is 0 Å². The van der Waals surface area contributed by atoms with Gasteiger partial charge in [-0.05, 0) is 59.7 Å². The molecule has 0 N–H and O–H groups in total. The number of benzene rings is 6. The third-order valence-electron chi connectivity index (χ3n) is 8.96. The van der Waals surface area contributed by atoms with Gasteiger partial charge >= 0.3 is 11.9 Å². The van der Waals surface area contributed by atoms with Crippen LogP contribution in [-0.2, 0) is 11.8 Å². The van der Waals surface area contributed by atoms with Crippen LogP contribution in [0.4, 0.5) is 28.9 Å². The first kappa shape index (κ1) is 33.9. The highest BCUT2D eigenvalue weighted by molar-refractivity contribution is 6.13. The van der Waals surface area contributed by atoms with Gasteiger partial charge in [-0.25, -0.2) is 22.4 Å². The number of esters is 2. The molecule has 7 aromatic rings. The van der Waals surface area contributed by atoms with Crippen molar-refractivity contribution in [1.82, 2.24) is 0 Å². The summed E-state index contributed by atoms with van der Waals surface area (Å²) in [6.07, 6.45) is 0. The van der Waals surface area contributed by atoms with Gasteiger partial charge in [-0.3, -0.25) is 4.79 Å². The molecule has 0 fully saturated rings. The Bertz CT molecular complexity index is 2380. The van der Waals surface area contributed by atoms with Gasteiger partial charge in [0.2, 0.25) is 22.5 Å². The van der Waals surface area contributed by atoms with Crippen molar-refractivity contribution in [2.75, 3.05) is 11.9 Å². The molecule has 0 saturated carbocycles. The molecule has 1 aromatic heterocycles. The number of nitrogens with zero attached hydrogens (tertiary/aromatic N) is 2. The Morgan fingerprint density at radius 2 is 0.962 bits per heavy atom. The van der Waals surface area contributed by atoms with Crippen LogP contribution in [0.5, 0.6) is 11.5 Å². The van der Waals surface area contributed by atoms with E-state index in [1.165, 1.54) is 12.1 Å². The number of pyridine rings is 1. The third-order valence-corrected chi connectivity index (χ3v) is 8.96. The Hall–Kier alpha value is -6.55. The monoisotopic (exact) mass is 701 g/mol. The van der Waals surface area contributed by atoms with Crippen LogP contribution in [0.2, 0.25) is 0 Å². The first-order valence-corrected chi connectivity index (χ1v) is 16.2. The van der Waals surface area contributed by atoms with Gasteiger partial charge in [0.25, 0.3) is 0 Å². The van der Waals surface area contributed by atoms with E-state index in [1.807, 2.05) is 96.4 Å². The molecule has 0 atom stereocenters. The zero-order chi connectivity index (χ0) is 36.5. The number of aryl methyl sites for hydroxylation is 1. The number of para-hydroxylation sites is 6. The fourth-order valence-electron chi connectivity index (χ4n) is 6.54. The summed E-state index contributed by atoms with van der Waals surface area (Å²) in [6, 6.07) is 36.2. The lowest BCUT2D eigenvalue weighted by atomic mass is 9.85. The Labute approximate surface area is 295 Å². The van der Waals surface area contributed by atoms with E-state index in [1.54, 1.807) is 24.3 Å². The average Bonchev–Trinajstić information content (AvgIpc) is 3.15. The van der Waals surface area contributed by atoms with Gasteiger partial charge in [0.15, 0.2) is 23.3 Å². The quantitative estimate of drug-likeness (QED) is 0.0603. The molecule has 8 rings (SSSR count). The summed E-state index contributed by atoms with van der Waals surface area (Å²) in [4.78, 5) is 27.8. The number of hydrogen-bond donors (Lipinski definition) is 0. The lowest BCUT2D eigenvalue weighted by molar-refractivity contribution is -0.617. The predicted octanol–water partition coefficient (Wildman–Crippen LogP) is 9.10. The number of aromatic nitrogens is 1. The molecule has 258 valence electrons. The Morgan fingerprint density at radius 3 is 1.44 bits per heavy atom. The smallest absolute Gasteiger partial charge is 0.345 e. The first-order chi connectivity index (χ1) is 25.2. The van der Waals surface area contributed by atoms with Crippen molar-refractivity contribution in [3.63, 3.8) is 0 Å². The summed E-state index contributed by atoms with van der Waals surface area (Å²) in [7, 11) is 3.81. The molecule has 0 bridgehead atoms. The molecular formula is C42H29F4N2O4+. The number of anilines is 2. The summed E-state index contributed by atoms with van der Waals surface area (Å²) >= 11 is 0. The highest BCUT2D eigenvalue weighted by Crippen LogP contribution is 2.45. The highest BCUT2D eigenvalue weighted by atomic mass is 19.1. The zero-order valence-corrected chi connectivity index (χ0v) is 27.8. The third kappa shape index (κ3) is 6.08. The number of hydrogen-bond acceptors (Lipinski definition) is 5. The number of carbonyl (C=O) groups excluding carboxylic acids is 2. The van der Waals surface area contributed by atoms with E-state index in [0.717, 1.165) is 57.8 Å². The molecule has 6 nitrogen and oxygen atoms in total. The SMILES string of the molecule is CN1c2ccccc2C(C(=O)Oc2c(F)cccc2F)c2ccccc21.C[n+]1c2ccccc2c(C(=O)Oc2c(F)cccc2F)c2ccccc21. The van der Waals surface area contributed by atoms with E-state index < -0.39 is 52.6 Å². The summed E-state index contributed by atoms with van der Waals surface area (Å²) < 4.78 is 67.8. The minimum Gasteiger partial charge on any atom is -0.420 e. The standard InChI is InChI=1S/C21H15F2NO2.C21H14F2NO2/c2*1-24-17-11-4-2-7-13(17)19(14-8-3-5-12-18(14)24)21(25)26-20-15(22)9-6-10-16(20)23/h2-12,19H,1H3;2-12H,1H3/q;+1. The normalized spacial score (nSPS) is 12.1. The van der Waals surface area contributed by atoms with E-state index >= 15 is 0 Å². The summed E-state index contributed by atoms with van der Waals surface area (Å²) in [5.74, 6) is -7.32. The number of halogens is 4. The van der Waals surface area contributed by atoms with Crippen molar-refractivity contribution < 1.29 is 41.2 Å². The lowest BCUT2D eigenvalue weighted by Gasteiger charge is -2.34. The van der Waals surface area contributed by atoms with Crippen LogP contribution in [0.15, 0.2) is 133 Å². The molecule has 0 unspecified atom stereocenters. The van der Waals surface area contributed by atoms with Gasteiger partial charge in [-0.15, -0.1) is 0 Å². The Morgan fingerprint density at radius 1 is 0.558 bits per heavy atom. The summed E-state index contributed by atoms with van der Waals surface area (Å²) in [5.41, 5.74) is 5.06. The van der Waals surface area contributed by atoms with E-state index in [0.29, 0.717) is 10.8 Å². The molecular weight excluding hydrogens is 672 g/mol. The lowest BCUT2D eigenvalue weighted by Crippen LogP contribution is -2.31. The molecule has 0 spiro atoms. The van der Waals surface area contributed by atoms with E-state index in [9.17, 15) is 27.2 Å². The van der Waals surface area contributed by atoms with Gasteiger partial charge < -0.3 is 14.4 Å². The molecule has 0 radical (unpaired) electrons. The Balaban J connectivity index is 0.000000162. The van der Waals surface area contributed by atoms with E-state index in [4.69, 9.17) is 9.47 Å². The van der Waals surface area contributed by atoms with Gasteiger partial charge in [0.1, 0.15) is 13.0 Å². The van der Waals surface area contributed by atoms with Crippen molar-refractivity contribution in [1.29, 1.82) is 0 Å². The minimum atomic E-state index is -0.923. The topological polar surface area (TPSA) is 59.7 Å². The average molecular weight is 702 g/mol. The van der Waals surface area contributed by atoms with Crippen LogP contribution < -0.4 is 18.9 Å². The van der Waals surface area contributed by atoms with Crippen molar-refractivity contribution in [2.24, 2.45) is 7.05 Å². The van der Waals surface area contributed by atoms with Gasteiger partial charge in [-0.1, -0.05) is 72.8 Å². The number of fused-ring (bicyclic) bond motifs is 4. The first-order valence-electron chi connectivity index (χ1n) is 16.2. The van der Waals surface area contributed by atoms with Crippen molar-refractivity contribution in [2.45, 2.75) is 5.92 Å². The number of rotatable bonds is 4. The molecule has 6 aromatic carbocycles.